The molecule has 1 unspecified atom stereocenters. The third kappa shape index (κ3) is 2.68. The van der Waals surface area contributed by atoms with Gasteiger partial charge in [0.05, 0.1) is 5.56 Å². The summed E-state index contributed by atoms with van der Waals surface area (Å²) in [4.78, 5) is 14.6. The van der Waals surface area contributed by atoms with Crippen LogP contribution in [0, 0.1) is 13.8 Å². The molecule has 0 aliphatic carbocycles. The molecule has 1 amide bonds. The second-order valence-electron chi connectivity index (χ2n) is 5.41. The Morgan fingerprint density at radius 2 is 2.21 bits per heavy atom. The van der Waals surface area contributed by atoms with E-state index < -0.39 is 0 Å². The number of hydrogen-bond donors (Lipinski definition) is 1. The van der Waals surface area contributed by atoms with E-state index in [2.05, 4.69) is 23.7 Å². The average molecular weight is 263 g/mol. The van der Waals surface area contributed by atoms with Gasteiger partial charge in [-0.2, -0.15) is 0 Å². The summed E-state index contributed by atoms with van der Waals surface area (Å²) < 4.78 is 2.20. The maximum absolute atomic E-state index is 12.6. The number of carbonyl (C=O) groups is 1. The number of aromatic nitrogens is 1. The molecule has 0 spiro atoms. The number of nitrogens with one attached hydrogen (secondary N) is 1. The minimum absolute atomic E-state index is 0.188. The Labute approximate surface area is 115 Å². The van der Waals surface area contributed by atoms with E-state index in [1.165, 1.54) is 5.69 Å². The molecule has 106 valence electrons. The van der Waals surface area contributed by atoms with Gasteiger partial charge in [-0.15, -0.1) is 0 Å². The maximum atomic E-state index is 12.6. The van der Waals surface area contributed by atoms with Crippen molar-refractivity contribution >= 4 is 5.91 Å². The lowest BCUT2D eigenvalue weighted by Crippen LogP contribution is -2.47. The zero-order valence-corrected chi connectivity index (χ0v) is 12.5. The second kappa shape index (κ2) is 5.78. The van der Waals surface area contributed by atoms with Gasteiger partial charge in [-0.1, -0.05) is 0 Å². The third-order valence-corrected chi connectivity index (χ3v) is 4.24. The van der Waals surface area contributed by atoms with Crippen molar-refractivity contribution in [1.29, 1.82) is 0 Å². The van der Waals surface area contributed by atoms with Gasteiger partial charge in [0, 0.05) is 37.1 Å². The molecule has 2 rings (SSSR count). The fraction of sp³-hybridized carbons (Fsp3) is 0.667. The van der Waals surface area contributed by atoms with Gasteiger partial charge in [0.1, 0.15) is 0 Å². The molecule has 4 heteroatoms. The zero-order valence-electron chi connectivity index (χ0n) is 12.5. The van der Waals surface area contributed by atoms with Crippen molar-refractivity contribution in [1.82, 2.24) is 14.8 Å². The highest BCUT2D eigenvalue weighted by Gasteiger charge is 2.25. The molecule has 4 nitrogen and oxygen atoms in total. The van der Waals surface area contributed by atoms with E-state index in [0.717, 1.165) is 43.7 Å². The lowest BCUT2D eigenvalue weighted by molar-refractivity contribution is 0.0697. The summed E-state index contributed by atoms with van der Waals surface area (Å²) >= 11 is 0. The van der Waals surface area contributed by atoms with E-state index >= 15 is 0 Å². The molecule has 2 heterocycles. The van der Waals surface area contributed by atoms with Crippen molar-refractivity contribution in [3.8, 4) is 0 Å². The van der Waals surface area contributed by atoms with E-state index in [1.54, 1.807) is 0 Å². The first-order valence-corrected chi connectivity index (χ1v) is 7.21. The Morgan fingerprint density at radius 3 is 2.79 bits per heavy atom. The molecule has 1 atom stereocenters. The van der Waals surface area contributed by atoms with Crippen LogP contribution in [0.25, 0.3) is 0 Å². The second-order valence-corrected chi connectivity index (χ2v) is 5.41. The number of carbonyl (C=O) groups excluding carboxylic acids is 1. The van der Waals surface area contributed by atoms with Gasteiger partial charge in [-0.3, -0.25) is 4.79 Å². The van der Waals surface area contributed by atoms with Crippen molar-refractivity contribution in [2.45, 2.75) is 46.2 Å². The standard InChI is InChI=1S/C15H25N3O/c1-5-18-11(2)9-14(12(18)3)15(19)17-8-6-7-13(10-17)16-4/h9,13,16H,5-8,10H2,1-4H3. The summed E-state index contributed by atoms with van der Waals surface area (Å²) in [6.45, 7) is 8.86. The van der Waals surface area contributed by atoms with E-state index in [0.29, 0.717) is 6.04 Å². The molecular weight excluding hydrogens is 238 g/mol. The molecule has 1 fully saturated rings. The van der Waals surface area contributed by atoms with E-state index in [9.17, 15) is 4.79 Å². The molecule has 1 saturated heterocycles. The molecule has 1 aromatic heterocycles. The highest BCUT2D eigenvalue weighted by Crippen LogP contribution is 2.19. The highest BCUT2D eigenvalue weighted by molar-refractivity contribution is 5.95. The minimum Gasteiger partial charge on any atom is -0.349 e. The molecule has 1 aliphatic rings. The fourth-order valence-electron chi connectivity index (χ4n) is 3.07. The monoisotopic (exact) mass is 263 g/mol. The highest BCUT2D eigenvalue weighted by atomic mass is 16.2. The smallest absolute Gasteiger partial charge is 0.255 e. The predicted octanol–water partition coefficient (Wildman–Crippen LogP) is 1.95. The van der Waals surface area contributed by atoms with Crippen LogP contribution >= 0.6 is 0 Å². The van der Waals surface area contributed by atoms with Gasteiger partial charge in [0.2, 0.25) is 0 Å². The van der Waals surface area contributed by atoms with Gasteiger partial charge in [0.25, 0.3) is 5.91 Å². The fourth-order valence-corrected chi connectivity index (χ4v) is 3.07. The Morgan fingerprint density at radius 1 is 1.47 bits per heavy atom. The van der Waals surface area contributed by atoms with Gasteiger partial charge in [-0.25, -0.2) is 0 Å². The van der Waals surface area contributed by atoms with Crippen LogP contribution in [0.5, 0.6) is 0 Å². The van der Waals surface area contributed by atoms with Crippen LogP contribution in [-0.2, 0) is 6.54 Å². The van der Waals surface area contributed by atoms with Crippen molar-refractivity contribution in [3.05, 3.63) is 23.0 Å². The van der Waals surface area contributed by atoms with E-state index in [4.69, 9.17) is 0 Å². The number of likely N-dealkylation sites (N-methyl/N-ethyl adjacent to an activating group) is 1. The third-order valence-electron chi connectivity index (χ3n) is 4.24. The molecule has 0 radical (unpaired) electrons. The summed E-state index contributed by atoms with van der Waals surface area (Å²) in [5.41, 5.74) is 3.14. The summed E-state index contributed by atoms with van der Waals surface area (Å²) in [6, 6.07) is 2.47. The minimum atomic E-state index is 0.188. The van der Waals surface area contributed by atoms with Crippen LogP contribution in [0.1, 0.15) is 41.5 Å². The molecule has 1 aromatic rings. The SMILES string of the molecule is CCn1c(C)cc(C(=O)N2CCCC(NC)C2)c1C. The zero-order chi connectivity index (χ0) is 14.0. The Balaban J connectivity index is 2.19. The number of nitrogens with zero attached hydrogens (tertiary/aromatic N) is 2. The number of piperidine rings is 1. The van der Waals surface area contributed by atoms with Crippen LogP contribution < -0.4 is 5.32 Å². The first-order valence-electron chi connectivity index (χ1n) is 7.21. The quantitative estimate of drug-likeness (QED) is 0.905. The topological polar surface area (TPSA) is 37.3 Å². The Hall–Kier alpha value is -1.29. The normalized spacial score (nSPS) is 19.8. The van der Waals surface area contributed by atoms with Crippen molar-refractivity contribution in [3.63, 3.8) is 0 Å². The molecule has 19 heavy (non-hydrogen) atoms. The molecule has 0 aromatic carbocycles. The Bertz CT molecular complexity index is 464. The van der Waals surface area contributed by atoms with Crippen LogP contribution in [0.3, 0.4) is 0 Å². The Kier molecular flexibility index (Phi) is 4.30. The van der Waals surface area contributed by atoms with E-state index in [-0.39, 0.29) is 5.91 Å². The molecule has 0 saturated carbocycles. The van der Waals surface area contributed by atoms with Gasteiger partial charge < -0.3 is 14.8 Å². The van der Waals surface area contributed by atoms with Crippen molar-refractivity contribution in [2.24, 2.45) is 0 Å². The molecule has 1 aliphatic heterocycles. The van der Waals surface area contributed by atoms with Crippen LogP contribution in [0.4, 0.5) is 0 Å². The average Bonchev–Trinajstić information content (AvgIpc) is 2.72. The lowest BCUT2D eigenvalue weighted by Gasteiger charge is -2.32. The van der Waals surface area contributed by atoms with Crippen LogP contribution in [-0.4, -0.2) is 41.6 Å². The first kappa shape index (κ1) is 14.1. The molecule has 1 N–H and O–H groups in total. The number of hydrogen-bond acceptors (Lipinski definition) is 2. The van der Waals surface area contributed by atoms with Gasteiger partial charge in [-0.05, 0) is 46.7 Å². The first-order chi connectivity index (χ1) is 9.08. The van der Waals surface area contributed by atoms with Gasteiger partial charge >= 0.3 is 0 Å². The summed E-state index contributed by atoms with van der Waals surface area (Å²) in [6.07, 6.45) is 2.25. The van der Waals surface area contributed by atoms with E-state index in [1.807, 2.05) is 24.9 Å². The predicted molar refractivity (Wildman–Crippen MR) is 77.6 cm³/mol. The maximum Gasteiger partial charge on any atom is 0.255 e. The summed E-state index contributed by atoms with van der Waals surface area (Å²) in [5, 5.41) is 3.28. The van der Waals surface area contributed by atoms with Crippen LogP contribution in [0.2, 0.25) is 0 Å². The summed E-state index contributed by atoms with van der Waals surface area (Å²) in [7, 11) is 1.97. The molecule has 0 bridgehead atoms. The number of aryl methyl sites for hydroxylation is 1. The van der Waals surface area contributed by atoms with Crippen LogP contribution in [0.15, 0.2) is 6.07 Å². The number of amides is 1. The van der Waals surface area contributed by atoms with Crippen molar-refractivity contribution < 1.29 is 4.79 Å². The molecular formula is C15H25N3O. The number of likely N-dealkylation sites (tertiary alicyclic amines) is 1. The number of rotatable bonds is 3. The largest absolute Gasteiger partial charge is 0.349 e. The summed E-state index contributed by atoms with van der Waals surface area (Å²) in [5.74, 6) is 0.188. The van der Waals surface area contributed by atoms with Gasteiger partial charge in [0.15, 0.2) is 0 Å². The lowest BCUT2D eigenvalue weighted by atomic mass is 10.0. The van der Waals surface area contributed by atoms with Crippen molar-refractivity contribution in [2.75, 3.05) is 20.1 Å².